The van der Waals surface area contributed by atoms with Crippen LogP contribution in [-0.2, 0) is 35.6 Å². The Labute approximate surface area is 340 Å². The van der Waals surface area contributed by atoms with Gasteiger partial charge in [0.05, 0.1) is 24.3 Å². The number of nitrogens with two attached hydrogens (primary N) is 1. The molecule has 300 valence electrons. The van der Waals surface area contributed by atoms with Gasteiger partial charge in [-0.3, -0.25) is 19.2 Å². The van der Waals surface area contributed by atoms with Crippen molar-refractivity contribution < 1.29 is 23.2 Å². The summed E-state index contributed by atoms with van der Waals surface area (Å²) >= 11 is 13.1. The summed E-state index contributed by atoms with van der Waals surface area (Å²) in [6.45, 7) is 3.45. The Kier molecular flexibility index (Phi) is 14.5. The van der Waals surface area contributed by atoms with E-state index in [0.29, 0.717) is 47.2 Å². The predicted octanol–water partition coefficient (Wildman–Crippen LogP) is 6.88. The fraction of sp³-hybridized carbons (Fsp3) is 0.333. The highest BCUT2D eigenvalue weighted by Crippen LogP contribution is 2.29. The molecule has 2 heterocycles. The Bertz CT molecular complexity index is 2160. The molecule has 15 heteroatoms. The van der Waals surface area contributed by atoms with Gasteiger partial charge in [0, 0.05) is 52.7 Å². The van der Waals surface area contributed by atoms with Crippen LogP contribution in [0.4, 0.5) is 19.3 Å². The minimum atomic E-state index is -1.25. The number of hydrogen-bond acceptors (Lipinski definition) is 6. The molecule has 0 spiro atoms. The van der Waals surface area contributed by atoms with Crippen LogP contribution in [0.2, 0.25) is 10.0 Å². The number of anilines is 1. The monoisotopic (exact) mass is 818 g/mol. The van der Waals surface area contributed by atoms with Gasteiger partial charge in [-0.1, -0.05) is 65.7 Å². The van der Waals surface area contributed by atoms with Crippen LogP contribution in [-0.4, -0.2) is 76.2 Å². The van der Waals surface area contributed by atoms with Gasteiger partial charge in [-0.25, -0.2) is 13.6 Å². The molecule has 1 aliphatic heterocycles. The molecule has 0 radical (unpaired) electrons. The van der Waals surface area contributed by atoms with Gasteiger partial charge < -0.3 is 26.6 Å². The zero-order valence-corrected chi connectivity index (χ0v) is 33.0. The van der Waals surface area contributed by atoms with Crippen molar-refractivity contribution in [3.8, 4) is 0 Å². The van der Waals surface area contributed by atoms with Crippen molar-refractivity contribution in [3.63, 3.8) is 0 Å². The fourth-order valence-corrected chi connectivity index (χ4v) is 7.45. The van der Waals surface area contributed by atoms with Crippen molar-refractivity contribution in [3.05, 3.63) is 129 Å². The van der Waals surface area contributed by atoms with E-state index in [4.69, 9.17) is 34.0 Å². The van der Waals surface area contributed by atoms with Crippen LogP contribution in [0.25, 0.3) is 10.9 Å². The average molecular weight is 820 g/mol. The zero-order valence-electron chi connectivity index (χ0n) is 31.5. The molecule has 1 fully saturated rings. The highest BCUT2D eigenvalue weighted by Gasteiger charge is 2.28. The Morgan fingerprint density at radius 1 is 0.860 bits per heavy atom. The summed E-state index contributed by atoms with van der Waals surface area (Å²) in [7, 11) is 0. The first-order valence-electron chi connectivity index (χ1n) is 19.0. The quantitative estimate of drug-likeness (QED) is 0.0756. The van der Waals surface area contributed by atoms with E-state index in [1.54, 1.807) is 30.3 Å². The van der Waals surface area contributed by atoms with Crippen LogP contribution < -0.4 is 21.7 Å². The van der Waals surface area contributed by atoms with E-state index in [0.717, 1.165) is 60.2 Å². The number of likely N-dealkylation sites (tertiary alicyclic amines) is 1. The summed E-state index contributed by atoms with van der Waals surface area (Å²) in [5, 5.41) is 15.3. The second-order valence-electron chi connectivity index (χ2n) is 14.1. The van der Waals surface area contributed by atoms with Gasteiger partial charge in [-0.15, -0.1) is 0 Å². The maximum Gasteiger partial charge on any atom is 0.319 e. The van der Waals surface area contributed by atoms with Gasteiger partial charge in [0.25, 0.3) is 0 Å². The van der Waals surface area contributed by atoms with E-state index in [9.17, 15) is 23.2 Å². The molecule has 5 N–H and O–H groups in total. The molecule has 57 heavy (non-hydrogen) atoms. The third kappa shape index (κ3) is 11.3. The maximum absolute atomic E-state index is 14.3. The minimum Gasteiger partial charge on any atom is -0.350 e. The zero-order chi connectivity index (χ0) is 40.3. The second kappa shape index (κ2) is 19.9. The number of carbonyl (C=O) groups is 3. The smallest absolute Gasteiger partial charge is 0.319 e. The third-order valence-corrected chi connectivity index (χ3v) is 10.6. The fourth-order valence-electron chi connectivity index (χ4n) is 6.93. The number of carbonyl (C=O) groups excluding carboxylic acids is 3. The topological polar surface area (TPSA) is 138 Å². The Morgan fingerprint density at radius 2 is 1.61 bits per heavy atom. The lowest BCUT2D eigenvalue weighted by atomic mass is 10.0. The number of aromatic nitrogens is 2. The highest BCUT2D eigenvalue weighted by atomic mass is 35.5. The standard InChI is InChI=1S/C42H46Cl2F2N8O3/c43-33-11-8-12-34(44)32(33)25-54-39-23-30(14-15-31(39)38(51-54)26-52-18-6-7-19-52)49-42(57)50-37(22-29-13-16-35(45)36(46)21-29)41(56)53(20-5-4-17-47)27-40(55)48-24-28-9-2-1-3-10-28/h1-3,8-16,21,23,37H,4-7,17-20,22,24-27,47H2,(H,48,55)(H2,49,50,57)/t37-/m0/s1. The van der Waals surface area contributed by atoms with Gasteiger partial charge in [0.1, 0.15) is 6.04 Å². The number of nitrogens with one attached hydrogen (secondary N) is 3. The molecule has 1 saturated heterocycles. The number of halogens is 4. The first kappa shape index (κ1) is 41.6. The van der Waals surface area contributed by atoms with Gasteiger partial charge in [0.15, 0.2) is 11.6 Å². The summed E-state index contributed by atoms with van der Waals surface area (Å²) in [5.41, 5.74) is 9.63. The van der Waals surface area contributed by atoms with E-state index in [-0.39, 0.29) is 38.2 Å². The van der Waals surface area contributed by atoms with Gasteiger partial charge in [-0.2, -0.15) is 5.10 Å². The van der Waals surface area contributed by atoms with Crippen LogP contribution >= 0.6 is 23.2 Å². The van der Waals surface area contributed by atoms with Crippen molar-refractivity contribution >= 4 is 57.6 Å². The van der Waals surface area contributed by atoms with E-state index in [1.807, 2.05) is 41.1 Å². The Hall–Kier alpha value is -5.08. The third-order valence-electron chi connectivity index (χ3n) is 9.92. The van der Waals surface area contributed by atoms with Crippen LogP contribution in [0.5, 0.6) is 0 Å². The van der Waals surface area contributed by atoms with Crippen molar-refractivity contribution in [1.82, 2.24) is 30.2 Å². The number of nitrogens with zero attached hydrogens (tertiary/aromatic N) is 4. The SMILES string of the molecule is NCCCCN(CC(=O)NCc1ccccc1)C(=O)[C@H](Cc1ccc(F)c(F)c1)NC(=O)Nc1ccc2c(CN3CCCC3)nn(Cc3c(Cl)cccc3Cl)c2c1. The Morgan fingerprint density at radius 3 is 2.33 bits per heavy atom. The molecule has 4 aromatic carbocycles. The molecule has 0 saturated carbocycles. The lowest BCUT2D eigenvalue weighted by Crippen LogP contribution is -2.53. The number of benzene rings is 4. The summed E-state index contributed by atoms with van der Waals surface area (Å²) in [6, 6.07) is 21.4. The van der Waals surface area contributed by atoms with Crippen molar-refractivity contribution in [2.45, 2.75) is 57.8 Å². The molecule has 11 nitrogen and oxygen atoms in total. The van der Waals surface area contributed by atoms with Crippen molar-refractivity contribution in [2.24, 2.45) is 5.73 Å². The van der Waals surface area contributed by atoms with E-state index in [2.05, 4.69) is 20.9 Å². The molecule has 6 rings (SSSR count). The Balaban J connectivity index is 1.24. The lowest BCUT2D eigenvalue weighted by Gasteiger charge is -2.28. The molecule has 1 aromatic heterocycles. The normalized spacial score (nSPS) is 13.4. The summed E-state index contributed by atoms with van der Waals surface area (Å²) in [4.78, 5) is 44.8. The molecular weight excluding hydrogens is 773 g/mol. The minimum absolute atomic E-state index is 0.174. The number of hydrogen-bond donors (Lipinski definition) is 4. The summed E-state index contributed by atoms with van der Waals surface area (Å²) in [6.07, 6.45) is 3.18. The number of unbranched alkanes of at least 4 members (excludes halogenated alkanes) is 1. The van der Waals surface area contributed by atoms with Crippen LogP contribution in [0.3, 0.4) is 0 Å². The lowest BCUT2D eigenvalue weighted by molar-refractivity contribution is -0.137. The number of urea groups is 1. The van der Waals surface area contributed by atoms with E-state index < -0.39 is 35.5 Å². The van der Waals surface area contributed by atoms with Crippen molar-refractivity contribution in [2.75, 3.05) is 38.0 Å². The number of amides is 4. The molecule has 0 bridgehead atoms. The van der Waals surface area contributed by atoms with Crippen LogP contribution in [0.1, 0.15) is 48.1 Å². The number of rotatable bonds is 17. The number of fused-ring (bicyclic) bond motifs is 1. The molecular formula is C42H46Cl2F2N8O3. The molecule has 0 aliphatic carbocycles. The summed E-state index contributed by atoms with van der Waals surface area (Å²) < 4.78 is 30.0. The van der Waals surface area contributed by atoms with Gasteiger partial charge >= 0.3 is 6.03 Å². The second-order valence-corrected chi connectivity index (χ2v) is 15.0. The van der Waals surface area contributed by atoms with E-state index >= 15 is 0 Å². The molecule has 1 atom stereocenters. The van der Waals surface area contributed by atoms with Gasteiger partial charge in [0.2, 0.25) is 11.8 Å². The van der Waals surface area contributed by atoms with Crippen molar-refractivity contribution in [1.29, 1.82) is 0 Å². The van der Waals surface area contributed by atoms with Crippen LogP contribution in [0, 0.1) is 11.6 Å². The predicted molar refractivity (Wildman–Crippen MR) is 219 cm³/mol. The van der Waals surface area contributed by atoms with E-state index in [1.165, 1.54) is 11.0 Å². The first-order chi connectivity index (χ1) is 27.6. The molecule has 0 unspecified atom stereocenters. The molecule has 4 amide bonds. The van der Waals surface area contributed by atoms with Crippen LogP contribution in [0.15, 0.2) is 84.9 Å². The van der Waals surface area contributed by atoms with Gasteiger partial charge in [-0.05, 0) is 98.9 Å². The first-order valence-corrected chi connectivity index (χ1v) is 19.8. The maximum atomic E-state index is 14.3. The molecule has 5 aromatic rings. The largest absolute Gasteiger partial charge is 0.350 e. The average Bonchev–Trinajstić information content (AvgIpc) is 3.84. The molecule has 1 aliphatic rings. The summed E-state index contributed by atoms with van der Waals surface area (Å²) in [5.74, 6) is -3.10. The highest BCUT2D eigenvalue weighted by molar-refractivity contribution is 6.36.